The molecule has 1 unspecified atom stereocenters. The lowest BCUT2D eigenvalue weighted by molar-refractivity contribution is -0.149. The third kappa shape index (κ3) is 3.66. The highest BCUT2D eigenvalue weighted by molar-refractivity contribution is 5.74. The van der Waals surface area contributed by atoms with Gasteiger partial charge in [0.15, 0.2) is 0 Å². The van der Waals surface area contributed by atoms with Gasteiger partial charge in [0.2, 0.25) is 0 Å². The molecule has 0 heterocycles. The summed E-state index contributed by atoms with van der Waals surface area (Å²) in [5, 5.41) is 9.17. The summed E-state index contributed by atoms with van der Waals surface area (Å²) in [5.41, 5.74) is -0.603. The molecule has 0 aromatic heterocycles. The Kier molecular flexibility index (Phi) is 5.13. The predicted octanol–water partition coefficient (Wildman–Crippen LogP) is 2.22. The maximum absolute atomic E-state index is 11.1. The van der Waals surface area contributed by atoms with Crippen LogP contribution in [0.2, 0.25) is 0 Å². The summed E-state index contributed by atoms with van der Waals surface area (Å²) in [4.78, 5) is 13.2. The highest BCUT2D eigenvalue weighted by Crippen LogP contribution is 2.25. The highest BCUT2D eigenvalue weighted by Gasteiger charge is 2.33. The second kappa shape index (κ2) is 5.35. The van der Waals surface area contributed by atoms with E-state index < -0.39 is 11.4 Å². The maximum atomic E-state index is 11.1. The molecule has 1 N–H and O–H groups in total. The van der Waals surface area contributed by atoms with Crippen molar-refractivity contribution in [2.75, 3.05) is 13.6 Å². The second-order valence-corrected chi connectivity index (χ2v) is 4.62. The van der Waals surface area contributed by atoms with E-state index in [0.29, 0.717) is 12.6 Å². The largest absolute Gasteiger partial charge is 0.481 e. The zero-order chi connectivity index (χ0) is 11.4. The molecule has 14 heavy (non-hydrogen) atoms. The van der Waals surface area contributed by atoms with Gasteiger partial charge in [-0.2, -0.15) is 0 Å². The van der Waals surface area contributed by atoms with Gasteiger partial charge in [-0.3, -0.25) is 4.79 Å². The lowest BCUT2D eigenvalue weighted by Gasteiger charge is -2.32. The standard InChI is InChI=1S/C11H23NO2/c1-6-7-11(4,10(13)14)8-12(5)9(2)3/h9H,6-8H2,1-5H3,(H,13,14). The molecule has 3 nitrogen and oxygen atoms in total. The molecule has 84 valence electrons. The van der Waals surface area contributed by atoms with Crippen LogP contribution in [0.15, 0.2) is 0 Å². The number of hydrogen-bond donors (Lipinski definition) is 1. The molecule has 0 saturated heterocycles. The number of carboxylic acid groups (broad SMARTS) is 1. The van der Waals surface area contributed by atoms with Crippen LogP contribution >= 0.6 is 0 Å². The Morgan fingerprint density at radius 1 is 1.50 bits per heavy atom. The molecule has 0 aromatic carbocycles. The van der Waals surface area contributed by atoms with E-state index in [9.17, 15) is 4.79 Å². The molecule has 0 radical (unpaired) electrons. The molecule has 0 fully saturated rings. The number of aliphatic carboxylic acids is 1. The van der Waals surface area contributed by atoms with Gasteiger partial charge >= 0.3 is 5.97 Å². The second-order valence-electron chi connectivity index (χ2n) is 4.62. The third-order valence-electron chi connectivity index (χ3n) is 2.80. The minimum absolute atomic E-state index is 0.394. The van der Waals surface area contributed by atoms with Gasteiger partial charge in [-0.25, -0.2) is 0 Å². The van der Waals surface area contributed by atoms with Crippen molar-refractivity contribution in [3.63, 3.8) is 0 Å². The molecule has 0 spiro atoms. The van der Waals surface area contributed by atoms with Crippen molar-refractivity contribution in [3.8, 4) is 0 Å². The smallest absolute Gasteiger partial charge is 0.310 e. The van der Waals surface area contributed by atoms with Gasteiger partial charge in [-0.1, -0.05) is 13.3 Å². The van der Waals surface area contributed by atoms with Crippen molar-refractivity contribution in [1.82, 2.24) is 4.90 Å². The van der Waals surface area contributed by atoms with Crippen molar-refractivity contribution in [3.05, 3.63) is 0 Å². The summed E-state index contributed by atoms with van der Waals surface area (Å²) in [5.74, 6) is -0.688. The first kappa shape index (κ1) is 13.4. The molecular formula is C11H23NO2. The zero-order valence-corrected chi connectivity index (χ0v) is 10.0. The fourth-order valence-electron chi connectivity index (χ4n) is 1.54. The van der Waals surface area contributed by atoms with Crippen LogP contribution < -0.4 is 0 Å². The van der Waals surface area contributed by atoms with Gasteiger partial charge in [0.05, 0.1) is 5.41 Å². The minimum Gasteiger partial charge on any atom is -0.481 e. The van der Waals surface area contributed by atoms with E-state index in [0.717, 1.165) is 12.8 Å². The fourth-order valence-corrected chi connectivity index (χ4v) is 1.54. The summed E-state index contributed by atoms with van der Waals surface area (Å²) in [6.07, 6.45) is 1.65. The van der Waals surface area contributed by atoms with Crippen LogP contribution in [0.1, 0.15) is 40.5 Å². The molecule has 3 heteroatoms. The third-order valence-corrected chi connectivity index (χ3v) is 2.80. The number of nitrogens with zero attached hydrogens (tertiary/aromatic N) is 1. The van der Waals surface area contributed by atoms with E-state index in [2.05, 4.69) is 18.7 Å². The van der Waals surface area contributed by atoms with E-state index in [-0.39, 0.29) is 0 Å². The summed E-state index contributed by atoms with van der Waals surface area (Å²) in [6.45, 7) is 8.63. The van der Waals surface area contributed by atoms with Gasteiger partial charge in [-0.05, 0) is 34.2 Å². The van der Waals surface area contributed by atoms with Crippen molar-refractivity contribution < 1.29 is 9.90 Å². The van der Waals surface area contributed by atoms with E-state index >= 15 is 0 Å². The van der Waals surface area contributed by atoms with Crippen LogP contribution in [0, 0.1) is 5.41 Å². The lowest BCUT2D eigenvalue weighted by atomic mass is 9.85. The van der Waals surface area contributed by atoms with E-state index in [1.165, 1.54) is 0 Å². The van der Waals surface area contributed by atoms with Crippen molar-refractivity contribution in [1.29, 1.82) is 0 Å². The number of carbonyl (C=O) groups is 1. The van der Waals surface area contributed by atoms with Crippen LogP contribution in [0.25, 0.3) is 0 Å². The van der Waals surface area contributed by atoms with Gasteiger partial charge in [0.1, 0.15) is 0 Å². The Labute approximate surface area is 87.1 Å². The first-order valence-corrected chi connectivity index (χ1v) is 5.27. The molecule has 0 amide bonds. The van der Waals surface area contributed by atoms with Gasteiger partial charge in [0, 0.05) is 12.6 Å². The summed E-state index contributed by atoms with van der Waals surface area (Å²) in [7, 11) is 1.97. The van der Waals surface area contributed by atoms with Crippen LogP contribution in [0.5, 0.6) is 0 Å². The average Bonchev–Trinajstić information content (AvgIpc) is 2.03. The Bertz CT molecular complexity index is 192. The first-order chi connectivity index (χ1) is 6.33. The summed E-state index contributed by atoms with van der Waals surface area (Å²) >= 11 is 0. The van der Waals surface area contributed by atoms with Crippen LogP contribution in [-0.4, -0.2) is 35.6 Å². The zero-order valence-electron chi connectivity index (χ0n) is 10.0. The number of hydrogen-bond acceptors (Lipinski definition) is 2. The average molecular weight is 201 g/mol. The minimum atomic E-state index is -0.688. The molecule has 0 bridgehead atoms. The first-order valence-electron chi connectivity index (χ1n) is 5.27. The van der Waals surface area contributed by atoms with E-state index in [1.807, 2.05) is 20.9 Å². The summed E-state index contributed by atoms with van der Waals surface area (Å²) in [6, 6.07) is 0.394. The number of carboxylic acids is 1. The molecule has 0 aliphatic heterocycles. The summed E-state index contributed by atoms with van der Waals surface area (Å²) < 4.78 is 0. The highest BCUT2D eigenvalue weighted by atomic mass is 16.4. The monoisotopic (exact) mass is 201 g/mol. The van der Waals surface area contributed by atoms with Crippen LogP contribution in [-0.2, 0) is 4.79 Å². The lowest BCUT2D eigenvalue weighted by Crippen LogP contribution is -2.42. The molecule has 0 saturated carbocycles. The van der Waals surface area contributed by atoms with Gasteiger partial charge in [0.25, 0.3) is 0 Å². The SMILES string of the molecule is CCCC(C)(CN(C)C(C)C)C(=O)O. The van der Waals surface area contributed by atoms with Crippen molar-refractivity contribution in [2.24, 2.45) is 5.41 Å². The molecule has 0 aliphatic carbocycles. The molecular weight excluding hydrogens is 178 g/mol. The Balaban J connectivity index is 4.44. The maximum Gasteiger partial charge on any atom is 0.310 e. The fraction of sp³-hybridized carbons (Fsp3) is 0.909. The van der Waals surface area contributed by atoms with E-state index in [4.69, 9.17) is 5.11 Å². The Morgan fingerprint density at radius 3 is 2.29 bits per heavy atom. The normalized spacial score (nSPS) is 15.9. The quantitative estimate of drug-likeness (QED) is 0.716. The Morgan fingerprint density at radius 2 is 2.00 bits per heavy atom. The van der Waals surface area contributed by atoms with Gasteiger partial charge < -0.3 is 10.0 Å². The van der Waals surface area contributed by atoms with Crippen LogP contribution in [0.4, 0.5) is 0 Å². The van der Waals surface area contributed by atoms with Gasteiger partial charge in [-0.15, -0.1) is 0 Å². The topological polar surface area (TPSA) is 40.5 Å². The van der Waals surface area contributed by atoms with Crippen molar-refractivity contribution >= 4 is 5.97 Å². The molecule has 0 aromatic rings. The van der Waals surface area contributed by atoms with Crippen LogP contribution in [0.3, 0.4) is 0 Å². The molecule has 0 rings (SSSR count). The number of rotatable bonds is 6. The molecule has 1 atom stereocenters. The van der Waals surface area contributed by atoms with Crippen molar-refractivity contribution in [2.45, 2.75) is 46.6 Å². The predicted molar refractivity (Wildman–Crippen MR) is 58.4 cm³/mol. The molecule has 0 aliphatic rings. The van der Waals surface area contributed by atoms with E-state index in [1.54, 1.807) is 0 Å². The Hall–Kier alpha value is -0.570.